The molecule has 1 unspecified atom stereocenters. The molecule has 2 aromatic carbocycles. The summed E-state index contributed by atoms with van der Waals surface area (Å²) in [6, 6.07) is 16.9. The van der Waals surface area contributed by atoms with Crippen LogP contribution in [0.5, 0.6) is 0 Å². The van der Waals surface area contributed by atoms with E-state index in [0.29, 0.717) is 21.8 Å². The summed E-state index contributed by atoms with van der Waals surface area (Å²) < 4.78 is 0. The predicted octanol–water partition coefficient (Wildman–Crippen LogP) is 4.70. The zero-order valence-electron chi connectivity index (χ0n) is 17.6. The maximum absolute atomic E-state index is 12.8. The summed E-state index contributed by atoms with van der Waals surface area (Å²) in [5.74, 6) is -0.865. The zero-order chi connectivity index (χ0) is 22.4. The minimum absolute atomic E-state index is 0.0984. The molecule has 3 N–H and O–H groups in total. The lowest BCUT2D eigenvalue weighted by molar-refractivity contribution is -0.118. The van der Waals surface area contributed by atoms with Crippen molar-refractivity contribution >= 4 is 40.4 Å². The Morgan fingerprint density at radius 1 is 0.806 bits per heavy atom. The van der Waals surface area contributed by atoms with E-state index in [1.807, 2.05) is 44.4 Å². The van der Waals surface area contributed by atoms with Gasteiger partial charge in [-0.25, -0.2) is 0 Å². The molecule has 0 fully saturated rings. The first-order chi connectivity index (χ1) is 14.8. The SMILES string of the molecule is Cc1ccc(C(=O)NC(C(=O)Nc2ccc(NC(=O)c3cccs3)cc2)C(C)C)cc1. The Hall–Kier alpha value is -3.45. The quantitative estimate of drug-likeness (QED) is 0.503. The number of carbonyl (C=O) groups is 3. The molecule has 0 saturated heterocycles. The van der Waals surface area contributed by atoms with E-state index in [-0.39, 0.29) is 23.6 Å². The molecule has 1 aromatic heterocycles. The molecular formula is C24H25N3O3S. The molecule has 6 nitrogen and oxygen atoms in total. The van der Waals surface area contributed by atoms with Gasteiger partial charge >= 0.3 is 0 Å². The van der Waals surface area contributed by atoms with Crippen LogP contribution in [0.4, 0.5) is 11.4 Å². The Morgan fingerprint density at radius 3 is 1.97 bits per heavy atom. The van der Waals surface area contributed by atoms with Gasteiger partial charge < -0.3 is 16.0 Å². The second-order valence-corrected chi connectivity index (χ2v) is 8.51. The average molecular weight is 436 g/mol. The largest absolute Gasteiger partial charge is 0.340 e. The number of hydrogen-bond acceptors (Lipinski definition) is 4. The van der Waals surface area contributed by atoms with Gasteiger partial charge in [0.2, 0.25) is 5.91 Å². The lowest BCUT2D eigenvalue weighted by atomic mass is 10.0. The fraction of sp³-hybridized carbons (Fsp3) is 0.208. The first-order valence-corrected chi connectivity index (χ1v) is 10.8. The fourth-order valence-electron chi connectivity index (χ4n) is 2.92. The van der Waals surface area contributed by atoms with Crippen LogP contribution in [0.1, 0.15) is 39.4 Å². The van der Waals surface area contributed by atoms with Crippen molar-refractivity contribution in [3.05, 3.63) is 82.0 Å². The van der Waals surface area contributed by atoms with Crippen LogP contribution in [0.2, 0.25) is 0 Å². The molecule has 0 aliphatic rings. The van der Waals surface area contributed by atoms with Crippen LogP contribution in [0, 0.1) is 12.8 Å². The molecule has 3 aromatic rings. The molecule has 0 aliphatic carbocycles. The van der Waals surface area contributed by atoms with Crippen molar-refractivity contribution in [3.8, 4) is 0 Å². The van der Waals surface area contributed by atoms with Gasteiger partial charge in [0.1, 0.15) is 6.04 Å². The van der Waals surface area contributed by atoms with Gasteiger partial charge in [0.05, 0.1) is 4.88 Å². The van der Waals surface area contributed by atoms with Crippen LogP contribution in [-0.2, 0) is 4.79 Å². The molecule has 0 saturated carbocycles. The topological polar surface area (TPSA) is 87.3 Å². The highest BCUT2D eigenvalue weighted by Gasteiger charge is 2.24. The third kappa shape index (κ3) is 6.02. The number of rotatable bonds is 7. The summed E-state index contributed by atoms with van der Waals surface area (Å²) in [7, 11) is 0. The second kappa shape index (κ2) is 10.0. The molecule has 0 spiro atoms. The van der Waals surface area contributed by atoms with Crippen molar-refractivity contribution in [3.63, 3.8) is 0 Å². The number of aryl methyl sites for hydroxylation is 1. The highest BCUT2D eigenvalue weighted by atomic mass is 32.1. The van der Waals surface area contributed by atoms with Crippen LogP contribution < -0.4 is 16.0 Å². The summed E-state index contributed by atoms with van der Waals surface area (Å²) in [5, 5.41) is 10.3. The molecule has 160 valence electrons. The van der Waals surface area contributed by atoms with E-state index in [4.69, 9.17) is 0 Å². The average Bonchev–Trinajstić information content (AvgIpc) is 3.28. The minimum atomic E-state index is -0.688. The van der Waals surface area contributed by atoms with E-state index in [0.717, 1.165) is 5.56 Å². The van der Waals surface area contributed by atoms with Crippen LogP contribution in [0.25, 0.3) is 0 Å². The molecular weight excluding hydrogens is 410 g/mol. The summed E-state index contributed by atoms with van der Waals surface area (Å²) >= 11 is 1.37. The number of anilines is 2. The second-order valence-electron chi connectivity index (χ2n) is 7.56. The molecule has 3 amide bonds. The van der Waals surface area contributed by atoms with E-state index in [1.54, 1.807) is 42.5 Å². The fourth-order valence-corrected chi connectivity index (χ4v) is 3.54. The monoisotopic (exact) mass is 435 g/mol. The van der Waals surface area contributed by atoms with Crippen molar-refractivity contribution < 1.29 is 14.4 Å². The molecule has 31 heavy (non-hydrogen) atoms. The number of thiophene rings is 1. The van der Waals surface area contributed by atoms with Gasteiger partial charge in [-0.2, -0.15) is 0 Å². The maximum Gasteiger partial charge on any atom is 0.265 e. The van der Waals surface area contributed by atoms with Gasteiger partial charge in [-0.3, -0.25) is 14.4 Å². The normalized spacial score (nSPS) is 11.6. The molecule has 1 heterocycles. The van der Waals surface area contributed by atoms with Crippen molar-refractivity contribution in [2.45, 2.75) is 26.8 Å². The number of hydrogen-bond donors (Lipinski definition) is 3. The Labute approximate surface area is 185 Å². The Morgan fingerprint density at radius 2 is 1.42 bits per heavy atom. The Balaban J connectivity index is 1.61. The van der Waals surface area contributed by atoms with Gasteiger partial charge in [-0.15, -0.1) is 11.3 Å². The first-order valence-electron chi connectivity index (χ1n) is 9.97. The molecule has 0 bridgehead atoms. The number of nitrogens with one attached hydrogen (secondary N) is 3. The highest BCUT2D eigenvalue weighted by molar-refractivity contribution is 7.12. The van der Waals surface area contributed by atoms with Gasteiger partial charge in [0.25, 0.3) is 11.8 Å². The van der Waals surface area contributed by atoms with Crippen LogP contribution in [-0.4, -0.2) is 23.8 Å². The standard InChI is InChI=1S/C24H25N3O3S/c1-15(2)21(27-22(28)17-8-6-16(3)7-9-17)24(30)26-19-12-10-18(11-13-19)25-23(29)20-5-4-14-31-20/h4-15,21H,1-3H3,(H,25,29)(H,26,30)(H,27,28). The lowest BCUT2D eigenvalue weighted by Gasteiger charge is -2.22. The Kier molecular flexibility index (Phi) is 7.20. The van der Waals surface area contributed by atoms with E-state index >= 15 is 0 Å². The third-order valence-corrected chi connectivity index (χ3v) is 5.57. The molecule has 3 rings (SSSR count). The number of carbonyl (C=O) groups excluding carboxylic acids is 3. The minimum Gasteiger partial charge on any atom is -0.340 e. The summed E-state index contributed by atoms with van der Waals surface area (Å²) in [4.78, 5) is 38.1. The first kappa shape index (κ1) is 22.2. The highest BCUT2D eigenvalue weighted by Crippen LogP contribution is 2.17. The van der Waals surface area contributed by atoms with Crippen molar-refractivity contribution in [1.82, 2.24) is 5.32 Å². The molecule has 0 radical (unpaired) electrons. The molecule has 7 heteroatoms. The van der Waals surface area contributed by atoms with E-state index in [9.17, 15) is 14.4 Å². The molecule has 0 aliphatic heterocycles. The van der Waals surface area contributed by atoms with Crippen molar-refractivity contribution in [2.24, 2.45) is 5.92 Å². The van der Waals surface area contributed by atoms with Gasteiger partial charge in [0, 0.05) is 16.9 Å². The predicted molar refractivity (Wildman–Crippen MR) is 125 cm³/mol. The van der Waals surface area contributed by atoms with Crippen LogP contribution in [0.3, 0.4) is 0 Å². The number of benzene rings is 2. The van der Waals surface area contributed by atoms with Gasteiger partial charge in [0.15, 0.2) is 0 Å². The van der Waals surface area contributed by atoms with Crippen molar-refractivity contribution in [1.29, 1.82) is 0 Å². The number of amides is 3. The van der Waals surface area contributed by atoms with E-state index < -0.39 is 6.04 Å². The summed E-state index contributed by atoms with van der Waals surface area (Å²) in [6.45, 7) is 5.71. The third-order valence-electron chi connectivity index (χ3n) is 4.70. The molecule has 1 atom stereocenters. The smallest absolute Gasteiger partial charge is 0.265 e. The van der Waals surface area contributed by atoms with Crippen LogP contribution in [0.15, 0.2) is 66.0 Å². The van der Waals surface area contributed by atoms with Gasteiger partial charge in [-0.05, 0) is 60.7 Å². The summed E-state index contributed by atoms with van der Waals surface area (Å²) in [5.41, 5.74) is 2.78. The van der Waals surface area contributed by atoms with E-state index in [1.165, 1.54) is 11.3 Å². The Bertz CT molecular complexity index is 1040. The van der Waals surface area contributed by atoms with E-state index in [2.05, 4.69) is 16.0 Å². The van der Waals surface area contributed by atoms with Gasteiger partial charge in [-0.1, -0.05) is 37.6 Å². The lowest BCUT2D eigenvalue weighted by Crippen LogP contribution is -2.47. The zero-order valence-corrected chi connectivity index (χ0v) is 18.5. The van der Waals surface area contributed by atoms with Crippen molar-refractivity contribution in [2.75, 3.05) is 10.6 Å². The van der Waals surface area contributed by atoms with Crippen LogP contribution >= 0.6 is 11.3 Å². The summed E-state index contributed by atoms with van der Waals surface area (Å²) in [6.07, 6.45) is 0. The maximum atomic E-state index is 12.8.